The van der Waals surface area contributed by atoms with Gasteiger partial charge in [0.05, 0.1) is 4.90 Å². The number of hydrogen-bond donors (Lipinski definition) is 3. The molecule has 4 N–H and O–H groups in total. The zero-order valence-corrected chi connectivity index (χ0v) is 16.4. The van der Waals surface area contributed by atoms with Gasteiger partial charge in [0.25, 0.3) is 0 Å². The van der Waals surface area contributed by atoms with Gasteiger partial charge in [-0.1, -0.05) is 42.5 Å². The lowest BCUT2D eigenvalue weighted by molar-refractivity contribution is 0.597. The maximum absolute atomic E-state index is 11.2. The number of hydrogen-bond acceptors (Lipinski definition) is 3. The predicted octanol–water partition coefficient (Wildman–Crippen LogP) is 1.82. The van der Waals surface area contributed by atoms with Gasteiger partial charge in [-0.25, -0.2) is 13.6 Å². The highest BCUT2D eigenvalue weighted by molar-refractivity contribution is 14.0. The Morgan fingerprint density at radius 3 is 1.92 bits per heavy atom. The van der Waals surface area contributed by atoms with Crippen LogP contribution in [0.1, 0.15) is 11.1 Å². The number of guanidine groups is 1. The lowest BCUT2D eigenvalue weighted by Crippen LogP contribution is -2.36. The maximum Gasteiger partial charge on any atom is 0.238 e. The summed E-state index contributed by atoms with van der Waals surface area (Å²) < 4.78 is 22.4. The highest BCUT2D eigenvalue weighted by Gasteiger charge is 2.06. The summed E-state index contributed by atoms with van der Waals surface area (Å²) in [6.07, 6.45) is 0. The van der Waals surface area contributed by atoms with E-state index in [1.165, 1.54) is 12.1 Å². The summed E-state index contributed by atoms with van der Waals surface area (Å²) in [5.41, 5.74) is 2.09. The summed E-state index contributed by atoms with van der Waals surface area (Å²) in [6.45, 7) is 1.20. The van der Waals surface area contributed by atoms with Crippen LogP contribution in [0.5, 0.6) is 0 Å². The van der Waals surface area contributed by atoms with Gasteiger partial charge in [-0.2, -0.15) is 0 Å². The molecule has 2 rings (SSSR count). The van der Waals surface area contributed by atoms with Crippen molar-refractivity contribution in [2.45, 2.75) is 18.0 Å². The molecule has 24 heavy (non-hydrogen) atoms. The lowest BCUT2D eigenvalue weighted by Gasteiger charge is -2.12. The molecule has 0 aromatic heterocycles. The predicted molar refractivity (Wildman–Crippen MR) is 107 cm³/mol. The number of primary sulfonamides is 1. The minimum Gasteiger partial charge on any atom is -0.352 e. The number of halogens is 1. The van der Waals surface area contributed by atoms with Crippen molar-refractivity contribution in [3.8, 4) is 0 Å². The molecule has 6 nitrogen and oxygen atoms in total. The molecule has 0 aliphatic carbocycles. The van der Waals surface area contributed by atoms with Crippen molar-refractivity contribution in [3.05, 3.63) is 65.7 Å². The van der Waals surface area contributed by atoms with Gasteiger partial charge in [-0.3, -0.25) is 4.99 Å². The lowest BCUT2D eigenvalue weighted by atomic mass is 10.2. The van der Waals surface area contributed by atoms with Crippen LogP contribution in [0.2, 0.25) is 0 Å². The van der Waals surface area contributed by atoms with E-state index in [0.29, 0.717) is 19.0 Å². The van der Waals surface area contributed by atoms with Crippen LogP contribution in [0.3, 0.4) is 0 Å². The van der Waals surface area contributed by atoms with Crippen LogP contribution in [0.25, 0.3) is 0 Å². The number of nitrogens with one attached hydrogen (secondary N) is 2. The quantitative estimate of drug-likeness (QED) is 0.360. The van der Waals surface area contributed by atoms with Gasteiger partial charge in [-0.05, 0) is 23.3 Å². The Labute approximate surface area is 159 Å². The van der Waals surface area contributed by atoms with E-state index in [9.17, 15) is 8.42 Å². The van der Waals surface area contributed by atoms with E-state index < -0.39 is 10.0 Å². The molecule has 0 aliphatic rings. The molecule has 0 saturated heterocycles. The number of nitrogens with two attached hydrogens (primary N) is 1. The normalized spacial score (nSPS) is 11.5. The van der Waals surface area contributed by atoms with Gasteiger partial charge in [0.1, 0.15) is 0 Å². The summed E-state index contributed by atoms with van der Waals surface area (Å²) in [7, 11) is -1.95. The summed E-state index contributed by atoms with van der Waals surface area (Å²) in [5, 5.41) is 11.5. The number of rotatable bonds is 5. The second-order valence-corrected chi connectivity index (χ2v) is 6.52. The molecule has 130 valence electrons. The minimum atomic E-state index is -3.65. The summed E-state index contributed by atoms with van der Waals surface area (Å²) in [5.74, 6) is 0.671. The monoisotopic (exact) mass is 460 g/mol. The molecule has 0 spiro atoms. The molecule has 2 aromatic rings. The molecule has 0 atom stereocenters. The van der Waals surface area contributed by atoms with E-state index in [4.69, 9.17) is 5.14 Å². The fourth-order valence-corrected chi connectivity index (χ4v) is 2.50. The fourth-order valence-electron chi connectivity index (χ4n) is 1.99. The van der Waals surface area contributed by atoms with Crippen LogP contribution in [-0.2, 0) is 23.1 Å². The largest absolute Gasteiger partial charge is 0.352 e. The number of sulfonamides is 1. The molecule has 0 unspecified atom stereocenters. The van der Waals surface area contributed by atoms with Crippen molar-refractivity contribution in [1.82, 2.24) is 10.6 Å². The Hall–Kier alpha value is -1.65. The van der Waals surface area contributed by atoms with E-state index in [0.717, 1.165) is 11.1 Å². The van der Waals surface area contributed by atoms with E-state index in [-0.39, 0.29) is 28.9 Å². The highest BCUT2D eigenvalue weighted by atomic mass is 127. The first-order valence-electron chi connectivity index (χ1n) is 7.09. The third-order valence-corrected chi connectivity index (χ3v) is 4.17. The molecular formula is C16H21IN4O2S. The summed E-state index contributed by atoms with van der Waals surface area (Å²) in [6, 6.07) is 16.4. The minimum absolute atomic E-state index is 0. The second kappa shape index (κ2) is 9.60. The SMILES string of the molecule is CN=C(NCc1ccccc1)NCc1ccc(S(N)(=O)=O)cc1.I. The zero-order chi connectivity index (χ0) is 16.7. The molecule has 0 saturated carbocycles. The Morgan fingerprint density at radius 1 is 0.958 bits per heavy atom. The molecule has 8 heteroatoms. The average molecular weight is 460 g/mol. The third-order valence-electron chi connectivity index (χ3n) is 3.24. The number of benzene rings is 2. The second-order valence-electron chi connectivity index (χ2n) is 4.95. The first-order valence-corrected chi connectivity index (χ1v) is 8.64. The van der Waals surface area contributed by atoms with E-state index in [2.05, 4.69) is 15.6 Å². The van der Waals surface area contributed by atoms with Gasteiger partial charge in [0.2, 0.25) is 10.0 Å². The van der Waals surface area contributed by atoms with Crippen LogP contribution in [-0.4, -0.2) is 21.4 Å². The first-order chi connectivity index (χ1) is 11.0. The summed E-state index contributed by atoms with van der Waals surface area (Å²) >= 11 is 0. The topological polar surface area (TPSA) is 96.6 Å². The number of nitrogens with zero attached hydrogens (tertiary/aromatic N) is 1. The van der Waals surface area contributed by atoms with Gasteiger partial charge < -0.3 is 10.6 Å². The van der Waals surface area contributed by atoms with E-state index in [1.807, 2.05) is 30.3 Å². The first kappa shape index (κ1) is 20.4. The molecule has 0 amide bonds. The standard InChI is InChI=1S/C16H20N4O2S.HI/c1-18-16(19-11-13-5-3-2-4-6-13)20-12-14-7-9-15(10-8-14)23(17,21)22;/h2-10H,11-12H2,1H3,(H2,17,21,22)(H2,18,19,20);1H. The van der Waals surface area contributed by atoms with Gasteiger partial charge in [-0.15, -0.1) is 24.0 Å². The summed E-state index contributed by atoms with van der Waals surface area (Å²) in [4.78, 5) is 4.26. The van der Waals surface area contributed by atoms with Crippen molar-refractivity contribution >= 4 is 40.0 Å². The fraction of sp³-hybridized carbons (Fsp3) is 0.188. The van der Waals surface area contributed by atoms with Crippen LogP contribution >= 0.6 is 24.0 Å². The van der Waals surface area contributed by atoms with Crippen LogP contribution in [0.4, 0.5) is 0 Å². The third kappa shape index (κ3) is 6.46. The number of aliphatic imine (C=N–C) groups is 1. The molecule has 0 radical (unpaired) electrons. The van der Waals surface area contributed by atoms with Crippen LogP contribution in [0, 0.1) is 0 Å². The molecule has 0 heterocycles. The van der Waals surface area contributed by atoms with Gasteiger partial charge >= 0.3 is 0 Å². The maximum atomic E-state index is 11.2. The Bertz CT molecular complexity index is 762. The highest BCUT2D eigenvalue weighted by Crippen LogP contribution is 2.08. The average Bonchev–Trinajstić information content (AvgIpc) is 2.55. The molecule has 0 aliphatic heterocycles. The Balaban J connectivity index is 0.00000288. The van der Waals surface area contributed by atoms with Crippen molar-refractivity contribution in [2.24, 2.45) is 10.1 Å². The molecule has 2 aromatic carbocycles. The molecule has 0 bridgehead atoms. The van der Waals surface area contributed by atoms with Gasteiger partial charge in [0.15, 0.2) is 5.96 Å². The van der Waals surface area contributed by atoms with Crippen LogP contribution in [0.15, 0.2) is 64.5 Å². The van der Waals surface area contributed by atoms with E-state index in [1.54, 1.807) is 19.2 Å². The molecule has 0 fully saturated rings. The zero-order valence-electron chi connectivity index (χ0n) is 13.3. The van der Waals surface area contributed by atoms with Crippen molar-refractivity contribution < 1.29 is 8.42 Å². The Morgan fingerprint density at radius 2 is 1.46 bits per heavy atom. The Kier molecular flexibility index (Phi) is 8.16. The molecular weight excluding hydrogens is 439 g/mol. The van der Waals surface area contributed by atoms with E-state index >= 15 is 0 Å². The van der Waals surface area contributed by atoms with Crippen LogP contribution < -0.4 is 15.8 Å². The smallest absolute Gasteiger partial charge is 0.238 e. The van der Waals surface area contributed by atoms with Gasteiger partial charge in [0, 0.05) is 20.1 Å². The van der Waals surface area contributed by atoms with Crippen molar-refractivity contribution in [2.75, 3.05) is 7.05 Å². The van der Waals surface area contributed by atoms with Crippen molar-refractivity contribution in [1.29, 1.82) is 0 Å². The van der Waals surface area contributed by atoms with Crippen molar-refractivity contribution in [3.63, 3.8) is 0 Å².